The summed E-state index contributed by atoms with van der Waals surface area (Å²) in [4.78, 5) is 57.6. The van der Waals surface area contributed by atoms with Gasteiger partial charge in [0.05, 0.1) is 0 Å². The van der Waals surface area contributed by atoms with Gasteiger partial charge in [0.15, 0.2) is 12.1 Å². The third kappa shape index (κ3) is 26.2. The maximum absolute atomic E-state index is 13.1. The van der Waals surface area contributed by atoms with Crippen molar-refractivity contribution in [2.24, 2.45) is 0 Å². The molecule has 2 atom stereocenters. The number of aliphatic carboxylic acids is 2. The molecule has 0 radical (unpaired) electrons. The van der Waals surface area contributed by atoms with Crippen LogP contribution in [0.1, 0.15) is 82.3 Å². The number of carboxylic acids is 2. The summed E-state index contributed by atoms with van der Waals surface area (Å²) >= 11 is 0. The van der Waals surface area contributed by atoms with Gasteiger partial charge in [0, 0.05) is 45.4 Å². The van der Waals surface area contributed by atoms with Gasteiger partial charge < -0.3 is 46.8 Å². The Balaban J connectivity index is 0.00000182. The first-order valence-corrected chi connectivity index (χ1v) is 18.4. The molecule has 18 heteroatoms. The summed E-state index contributed by atoms with van der Waals surface area (Å²) in [5.74, 6) is -6.00. The van der Waals surface area contributed by atoms with Crippen molar-refractivity contribution in [2.45, 2.75) is 108 Å². The fourth-order valence-corrected chi connectivity index (χ4v) is 4.99. The van der Waals surface area contributed by atoms with E-state index in [1.165, 1.54) is 32.1 Å². The Hall–Kier alpha value is -4.71. The van der Waals surface area contributed by atoms with Crippen molar-refractivity contribution >= 4 is 29.7 Å². The zero-order valence-corrected chi connectivity index (χ0v) is 31.7. The van der Waals surface area contributed by atoms with Gasteiger partial charge in [-0.25, -0.2) is 0 Å². The molecule has 316 valence electrons. The van der Waals surface area contributed by atoms with Crippen molar-refractivity contribution in [1.29, 1.82) is 0 Å². The van der Waals surface area contributed by atoms with Crippen molar-refractivity contribution < 1.29 is 72.0 Å². The molecule has 0 aliphatic carbocycles. The number of unbranched alkanes of at least 4 members (excludes halogenated alkanes) is 6. The molecule has 0 saturated heterocycles. The Labute approximate surface area is 323 Å². The van der Waals surface area contributed by atoms with Gasteiger partial charge in [-0.2, -0.15) is 26.3 Å². The lowest BCUT2D eigenvalue weighted by Crippen LogP contribution is -2.68. The fourth-order valence-electron chi connectivity index (χ4n) is 4.99. The molecule has 0 unspecified atom stereocenters. The molecule has 56 heavy (non-hydrogen) atoms. The minimum absolute atomic E-state index is 0.0688. The summed E-state index contributed by atoms with van der Waals surface area (Å²) in [5.41, 5.74) is 10.2. The van der Waals surface area contributed by atoms with Gasteiger partial charge in [0.1, 0.15) is 11.9 Å². The number of hydrogen-bond acceptors (Lipinski definition) is 7. The number of carboxylic acid groups (broad SMARTS) is 2. The van der Waals surface area contributed by atoms with E-state index in [2.05, 4.69) is 29.0 Å². The van der Waals surface area contributed by atoms with Crippen LogP contribution in [0.15, 0.2) is 60.7 Å². The second-order valence-electron chi connectivity index (χ2n) is 12.9. The summed E-state index contributed by atoms with van der Waals surface area (Å²) in [7, 11) is 0. The molecule has 0 aliphatic rings. The summed E-state index contributed by atoms with van der Waals surface area (Å²) in [6, 6.07) is 19.1. The van der Waals surface area contributed by atoms with Crippen LogP contribution in [0.3, 0.4) is 0 Å². The van der Waals surface area contributed by atoms with Crippen molar-refractivity contribution in [3.8, 4) is 0 Å². The Bertz CT molecular complexity index is 1330. The van der Waals surface area contributed by atoms with E-state index < -0.39 is 24.3 Å². The highest BCUT2D eigenvalue weighted by Crippen LogP contribution is 2.13. The number of benzene rings is 2. The topological polar surface area (TPSA) is 214 Å². The van der Waals surface area contributed by atoms with E-state index >= 15 is 0 Å². The van der Waals surface area contributed by atoms with E-state index in [9.17, 15) is 40.7 Å². The first kappa shape index (κ1) is 51.3. The molecule has 0 bridgehead atoms. The first-order valence-electron chi connectivity index (χ1n) is 18.4. The second-order valence-corrected chi connectivity index (χ2v) is 12.9. The van der Waals surface area contributed by atoms with Gasteiger partial charge in [0.25, 0.3) is 11.8 Å². The van der Waals surface area contributed by atoms with Crippen LogP contribution < -0.4 is 32.3 Å². The minimum Gasteiger partial charge on any atom is -0.542 e. The Morgan fingerprint density at radius 2 is 0.946 bits per heavy atom. The molecule has 0 fully saturated rings. The van der Waals surface area contributed by atoms with Crippen LogP contribution in [-0.2, 0) is 36.8 Å². The molecule has 3 amide bonds. The van der Waals surface area contributed by atoms with Crippen LogP contribution in [0.2, 0.25) is 0 Å². The number of alkyl halides is 6. The fraction of sp³-hybridized carbons (Fsp3) is 0.553. The number of rotatable bonds is 22. The minimum atomic E-state index is -5.19. The van der Waals surface area contributed by atoms with E-state index in [-0.39, 0.29) is 29.8 Å². The molecule has 0 heterocycles. The molecule has 0 spiro atoms. The number of quaternary nitrogens is 2. The molecule has 8 N–H and O–H groups in total. The van der Waals surface area contributed by atoms with Crippen molar-refractivity contribution in [2.75, 3.05) is 26.2 Å². The maximum Gasteiger partial charge on any atom is 0.430 e. The lowest BCUT2D eigenvalue weighted by atomic mass is 10.1. The SMILES string of the molecule is CCCCCCCCCC(=O)N(CCCNC(=O)[C@@H]([NH3+])Cc1ccccc1)CCCNC(=O)[C@@H]([NH3+])Cc1ccccc1.O=C([O-])C(F)(F)F.O=C([O-])C(F)(F)F. The summed E-state index contributed by atoms with van der Waals surface area (Å²) in [6.45, 7) is 4.38. The van der Waals surface area contributed by atoms with Gasteiger partial charge in [-0.15, -0.1) is 0 Å². The normalized spacial score (nSPS) is 12.1. The molecule has 0 aliphatic heterocycles. The van der Waals surface area contributed by atoms with Gasteiger partial charge in [0.2, 0.25) is 5.91 Å². The third-order valence-electron chi connectivity index (χ3n) is 8.01. The Morgan fingerprint density at radius 3 is 1.29 bits per heavy atom. The molecule has 2 rings (SSSR count). The lowest BCUT2D eigenvalue weighted by Gasteiger charge is -2.23. The third-order valence-corrected chi connectivity index (χ3v) is 8.01. The smallest absolute Gasteiger partial charge is 0.430 e. The molecular formula is C38H55F6N5O7. The van der Waals surface area contributed by atoms with Crippen LogP contribution >= 0.6 is 0 Å². The van der Waals surface area contributed by atoms with Crippen molar-refractivity contribution in [1.82, 2.24) is 15.5 Å². The molecule has 0 aromatic heterocycles. The standard InChI is InChI=1S/C34H53N5O3.2C2HF3O2/c1-2-3-4-5-6-7-14-21-32(40)39(24-15-22-37-33(41)30(35)26-28-17-10-8-11-18-28)25-16-23-38-34(42)31(36)27-29-19-12-9-13-20-29;2*3-2(4,5)1(6)7/h8-13,17-20,30-31H,2-7,14-16,21-27,35-36H2,1H3,(H,37,41)(H,38,42);2*(H,6,7)/t30-,31-;;/m0../s1. The zero-order chi connectivity index (χ0) is 42.6. The van der Waals surface area contributed by atoms with Crippen LogP contribution in [0.4, 0.5) is 26.3 Å². The van der Waals surface area contributed by atoms with Crippen LogP contribution in [0.25, 0.3) is 0 Å². The summed E-state index contributed by atoms with van der Waals surface area (Å²) in [6.07, 6.45) is 0.886. The van der Waals surface area contributed by atoms with E-state index in [1.807, 2.05) is 65.6 Å². The number of hydrogen-bond donors (Lipinski definition) is 4. The van der Waals surface area contributed by atoms with E-state index in [1.54, 1.807) is 0 Å². The van der Waals surface area contributed by atoms with E-state index in [0.29, 0.717) is 58.3 Å². The summed E-state index contributed by atoms with van der Waals surface area (Å²) in [5, 5.41) is 23.5. The first-order chi connectivity index (χ1) is 26.3. The average Bonchev–Trinajstić information content (AvgIpc) is 3.14. The monoisotopic (exact) mass is 807 g/mol. The number of nitrogens with zero attached hydrogens (tertiary/aromatic N) is 1. The van der Waals surface area contributed by atoms with Crippen LogP contribution in [-0.4, -0.2) is 85.2 Å². The predicted molar refractivity (Wildman–Crippen MR) is 190 cm³/mol. The number of halogens is 6. The zero-order valence-electron chi connectivity index (χ0n) is 31.7. The summed E-state index contributed by atoms with van der Waals surface area (Å²) < 4.78 is 63.1. The Morgan fingerprint density at radius 1 is 0.607 bits per heavy atom. The molecule has 0 saturated carbocycles. The predicted octanol–water partition coefficient (Wildman–Crippen LogP) is 1.27. The van der Waals surface area contributed by atoms with Gasteiger partial charge in [-0.05, 0) is 30.4 Å². The highest BCUT2D eigenvalue weighted by atomic mass is 19.4. The quantitative estimate of drug-likeness (QED) is 0.101. The number of carbonyl (C=O) groups excluding carboxylic acids is 5. The number of carbonyl (C=O) groups is 5. The molecular weight excluding hydrogens is 752 g/mol. The molecule has 12 nitrogen and oxygen atoms in total. The van der Waals surface area contributed by atoms with Gasteiger partial charge in [-0.1, -0.05) is 106 Å². The lowest BCUT2D eigenvalue weighted by molar-refractivity contribution is -0.403. The largest absolute Gasteiger partial charge is 0.542 e. The van der Waals surface area contributed by atoms with Crippen molar-refractivity contribution in [3.05, 3.63) is 71.8 Å². The second kappa shape index (κ2) is 28.7. The highest BCUT2D eigenvalue weighted by molar-refractivity contribution is 5.81. The average molecular weight is 808 g/mol. The van der Waals surface area contributed by atoms with Crippen molar-refractivity contribution in [3.63, 3.8) is 0 Å². The Kier molecular flexibility index (Phi) is 26.3. The van der Waals surface area contributed by atoms with E-state index in [0.717, 1.165) is 24.0 Å². The molecule has 2 aromatic carbocycles. The number of nitrogens with one attached hydrogen (secondary N) is 2. The van der Waals surface area contributed by atoms with E-state index in [4.69, 9.17) is 19.8 Å². The van der Waals surface area contributed by atoms with Gasteiger partial charge in [-0.3, -0.25) is 14.4 Å². The van der Waals surface area contributed by atoms with Crippen LogP contribution in [0.5, 0.6) is 0 Å². The highest BCUT2D eigenvalue weighted by Gasteiger charge is 2.29. The van der Waals surface area contributed by atoms with Gasteiger partial charge >= 0.3 is 12.4 Å². The maximum atomic E-state index is 13.1. The number of amides is 3. The molecule has 2 aromatic rings. The van der Waals surface area contributed by atoms with Crippen LogP contribution in [0, 0.1) is 0 Å².